The van der Waals surface area contributed by atoms with Gasteiger partial charge in [-0.2, -0.15) is 0 Å². The Labute approximate surface area is 98.4 Å². The Hall–Kier alpha value is -1.72. The average molecular weight is 237 g/mol. The van der Waals surface area contributed by atoms with Gasteiger partial charge in [-0.05, 0) is 19.8 Å². The van der Waals surface area contributed by atoms with Gasteiger partial charge in [-0.15, -0.1) is 10.2 Å². The minimum absolute atomic E-state index is 0.213. The van der Waals surface area contributed by atoms with E-state index < -0.39 is 11.5 Å². The van der Waals surface area contributed by atoms with E-state index in [1.807, 2.05) is 0 Å². The van der Waals surface area contributed by atoms with Crippen LogP contribution in [0.1, 0.15) is 54.8 Å². The Morgan fingerprint density at radius 2 is 2.12 bits per heavy atom. The molecule has 1 saturated carbocycles. The number of carbonyl (C=O) groups excluding carboxylic acids is 1. The van der Waals surface area contributed by atoms with E-state index in [4.69, 9.17) is 4.74 Å². The second-order valence-corrected chi connectivity index (χ2v) is 4.09. The Balaban J connectivity index is 2.22. The number of nitrogens with zero attached hydrogens (tertiary/aromatic N) is 2. The van der Waals surface area contributed by atoms with Crippen molar-refractivity contribution in [3.05, 3.63) is 21.9 Å². The van der Waals surface area contributed by atoms with Gasteiger partial charge in [-0.3, -0.25) is 4.79 Å². The van der Waals surface area contributed by atoms with E-state index in [9.17, 15) is 9.59 Å². The van der Waals surface area contributed by atoms with Crippen LogP contribution in [-0.4, -0.2) is 27.8 Å². The number of hydrogen-bond acceptors (Lipinski definition) is 5. The van der Waals surface area contributed by atoms with E-state index in [2.05, 4.69) is 15.2 Å². The molecule has 1 fully saturated rings. The van der Waals surface area contributed by atoms with Crippen molar-refractivity contribution < 1.29 is 9.53 Å². The third kappa shape index (κ3) is 2.51. The zero-order chi connectivity index (χ0) is 12.3. The number of carbonyl (C=O) groups is 1. The number of aromatic nitrogens is 3. The first-order valence-corrected chi connectivity index (χ1v) is 5.86. The minimum Gasteiger partial charge on any atom is -0.461 e. The van der Waals surface area contributed by atoms with Gasteiger partial charge in [0.2, 0.25) is 5.69 Å². The third-order valence-electron chi connectivity index (χ3n) is 2.93. The van der Waals surface area contributed by atoms with E-state index >= 15 is 0 Å². The number of H-pyrrole nitrogens is 1. The van der Waals surface area contributed by atoms with Gasteiger partial charge >= 0.3 is 5.97 Å². The van der Waals surface area contributed by atoms with Crippen molar-refractivity contribution in [3.63, 3.8) is 0 Å². The summed E-state index contributed by atoms with van der Waals surface area (Å²) in [6.45, 7) is 1.89. The summed E-state index contributed by atoms with van der Waals surface area (Å²) in [6.07, 6.45) is 4.33. The predicted molar refractivity (Wildman–Crippen MR) is 59.8 cm³/mol. The molecule has 0 aromatic carbocycles. The summed E-state index contributed by atoms with van der Waals surface area (Å²) in [6, 6.07) is 0. The Morgan fingerprint density at radius 1 is 1.41 bits per heavy atom. The molecule has 0 radical (unpaired) electrons. The largest absolute Gasteiger partial charge is 0.461 e. The lowest BCUT2D eigenvalue weighted by atomic mass is 10.1. The van der Waals surface area contributed by atoms with Crippen LogP contribution in [0.25, 0.3) is 0 Å². The van der Waals surface area contributed by atoms with Crippen molar-refractivity contribution in [3.8, 4) is 0 Å². The third-order valence-corrected chi connectivity index (χ3v) is 2.93. The van der Waals surface area contributed by atoms with Crippen molar-refractivity contribution >= 4 is 5.97 Å². The highest BCUT2D eigenvalue weighted by Crippen LogP contribution is 2.31. The second-order valence-electron chi connectivity index (χ2n) is 4.09. The van der Waals surface area contributed by atoms with Gasteiger partial charge in [0.05, 0.1) is 6.61 Å². The van der Waals surface area contributed by atoms with Gasteiger partial charge in [-0.25, -0.2) is 4.79 Å². The van der Waals surface area contributed by atoms with Gasteiger partial charge in [0, 0.05) is 5.92 Å². The number of hydrogen-bond donors (Lipinski definition) is 1. The molecule has 0 saturated heterocycles. The average Bonchev–Trinajstić information content (AvgIpc) is 2.82. The SMILES string of the molecule is CCOC(=O)c1nnc(C2CCCC2)[nH]c1=O. The first-order chi connectivity index (χ1) is 8.22. The monoisotopic (exact) mass is 237 g/mol. The van der Waals surface area contributed by atoms with Crippen LogP contribution in [0.5, 0.6) is 0 Å². The molecule has 0 atom stereocenters. The first kappa shape index (κ1) is 11.8. The molecule has 0 spiro atoms. The number of rotatable bonds is 3. The Morgan fingerprint density at radius 3 is 2.71 bits per heavy atom. The molecule has 1 N–H and O–H groups in total. The molecule has 1 aliphatic rings. The van der Waals surface area contributed by atoms with Crippen molar-refractivity contribution in [2.75, 3.05) is 6.61 Å². The molecular weight excluding hydrogens is 222 g/mol. The van der Waals surface area contributed by atoms with Gasteiger partial charge in [0.25, 0.3) is 5.56 Å². The Bertz CT molecular complexity index is 463. The van der Waals surface area contributed by atoms with E-state index in [0.717, 1.165) is 25.7 Å². The molecule has 1 aliphatic carbocycles. The molecule has 92 valence electrons. The van der Waals surface area contributed by atoms with Gasteiger partial charge in [0.15, 0.2) is 0 Å². The van der Waals surface area contributed by atoms with E-state index in [0.29, 0.717) is 5.82 Å². The van der Waals surface area contributed by atoms with Crippen LogP contribution in [0.2, 0.25) is 0 Å². The maximum Gasteiger partial charge on any atom is 0.364 e. The second kappa shape index (κ2) is 5.07. The number of ether oxygens (including phenoxy) is 1. The van der Waals surface area contributed by atoms with Crippen LogP contribution in [-0.2, 0) is 4.74 Å². The molecule has 0 amide bonds. The zero-order valence-corrected chi connectivity index (χ0v) is 9.73. The highest BCUT2D eigenvalue weighted by molar-refractivity contribution is 5.86. The van der Waals surface area contributed by atoms with Crippen LogP contribution in [0.3, 0.4) is 0 Å². The summed E-state index contributed by atoms with van der Waals surface area (Å²) in [4.78, 5) is 25.6. The lowest BCUT2D eigenvalue weighted by Crippen LogP contribution is -2.25. The van der Waals surface area contributed by atoms with Crippen molar-refractivity contribution in [2.24, 2.45) is 0 Å². The minimum atomic E-state index is -0.723. The van der Waals surface area contributed by atoms with Crippen molar-refractivity contribution in [1.29, 1.82) is 0 Å². The smallest absolute Gasteiger partial charge is 0.364 e. The van der Waals surface area contributed by atoms with E-state index in [-0.39, 0.29) is 18.2 Å². The number of aromatic amines is 1. The van der Waals surface area contributed by atoms with Crippen molar-refractivity contribution in [1.82, 2.24) is 15.2 Å². The van der Waals surface area contributed by atoms with Crippen molar-refractivity contribution in [2.45, 2.75) is 38.5 Å². The maximum atomic E-state index is 11.7. The van der Waals surface area contributed by atoms with Crippen LogP contribution in [0, 0.1) is 0 Å². The summed E-state index contributed by atoms with van der Waals surface area (Å²) in [5, 5.41) is 7.59. The molecular formula is C11H15N3O3. The standard InChI is InChI=1S/C11H15N3O3/c1-2-17-11(16)8-10(15)12-9(14-13-8)7-5-3-4-6-7/h7H,2-6H2,1H3,(H,12,14,15). The summed E-state index contributed by atoms with van der Waals surface area (Å²) in [5.41, 5.74) is -0.783. The maximum absolute atomic E-state index is 11.7. The fourth-order valence-corrected chi connectivity index (χ4v) is 2.07. The first-order valence-electron chi connectivity index (χ1n) is 5.86. The fraction of sp³-hybridized carbons (Fsp3) is 0.636. The molecule has 1 heterocycles. The van der Waals surface area contributed by atoms with Gasteiger partial charge in [-0.1, -0.05) is 12.8 Å². The summed E-state index contributed by atoms with van der Waals surface area (Å²) >= 11 is 0. The van der Waals surface area contributed by atoms with E-state index in [1.165, 1.54) is 0 Å². The lowest BCUT2D eigenvalue weighted by Gasteiger charge is -2.06. The summed E-state index contributed by atoms with van der Waals surface area (Å²) in [5.74, 6) is 0.131. The summed E-state index contributed by atoms with van der Waals surface area (Å²) in [7, 11) is 0. The quantitative estimate of drug-likeness (QED) is 0.793. The van der Waals surface area contributed by atoms with Gasteiger partial charge in [0.1, 0.15) is 5.82 Å². The van der Waals surface area contributed by atoms with Crippen LogP contribution >= 0.6 is 0 Å². The van der Waals surface area contributed by atoms with Crippen LogP contribution in [0.4, 0.5) is 0 Å². The molecule has 1 aromatic rings. The lowest BCUT2D eigenvalue weighted by molar-refractivity contribution is 0.0515. The molecule has 0 bridgehead atoms. The molecule has 17 heavy (non-hydrogen) atoms. The number of nitrogens with one attached hydrogen (secondary N) is 1. The molecule has 1 aromatic heterocycles. The molecule has 0 aliphatic heterocycles. The van der Waals surface area contributed by atoms with Crippen LogP contribution in [0.15, 0.2) is 4.79 Å². The van der Waals surface area contributed by atoms with E-state index in [1.54, 1.807) is 6.92 Å². The fourth-order valence-electron chi connectivity index (χ4n) is 2.07. The Kier molecular flexibility index (Phi) is 3.51. The highest BCUT2D eigenvalue weighted by atomic mass is 16.5. The highest BCUT2D eigenvalue weighted by Gasteiger charge is 2.22. The van der Waals surface area contributed by atoms with Gasteiger partial charge < -0.3 is 9.72 Å². The molecule has 2 rings (SSSR count). The molecule has 6 heteroatoms. The zero-order valence-electron chi connectivity index (χ0n) is 9.73. The predicted octanol–water partition coefficient (Wildman–Crippen LogP) is 0.999. The molecule has 0 unspecified atom stereocenters. The van der Waals surface area contributed by atoms with Crippen LogP contribution < -0.4 is 5.56 Å². The normalized spacial score (nSPS) is 16.1. The number of esters is 1. The molecule has 6 nitrogen and oxygen atoms in total. The topological polar surface area (TPSA) is 84.9 Å². The summed E-state index contributed by atoms with van der Waals surface area (Å²) < 4.78 is 4.71.